The zero-order chi connectivity index (χ0) is 15.9. The highest BCUT2D eigenvalue weighted by Crippen LogP contribution is 2.18. The molecule has 1 amide bonds. The average Bonchev–Trinajstić information content (AvgIpc) is 2.55. The van der Waals surface area contributed by atoms with Crippen molar-refractivity contribution >= 4 is 23.2 Å². The van der Waals surface area contributed by atoms with E-state index in [0.717, 1.165) is 12.1 Å². The molecule has 1 atom stereocenters. The summed E-state index contributed by atoms with van der Waals surface area (Å²) in [5.74, 6) is 0.481. The second kappa shape index (κ2) is 7.85. The standard InChI is InChI=1S/C18H20ClNO2/c1-3-13-5-9-15(10-6-13)20-18(21)17(4-2)22-16-11-7-14(19)8-12-16/h5-12,17H,3-4H2,1-2H3,(H,20,21). The number of carbonyl (C=O) groups excluding carboxylic acids is 1. The van der Waals surface area contributed by atoms with Crippen LogP contribution < -0.4 is 10.1 Å². The second-order valence-electron chi connectivity index (χ2n) is 5.01. The summed E-state index contributed by atoms with van der Waals surface area (Å²) >= 11 is 5.84. The molecule has 0 fully saturated rings. The maximum absolute atomic E-state index is 12.3. The summed E-state index contributed by atoms with van der Waals surface area (Å²) in [6.07, 6.45) is 1.03. The lowest BCUT2D eigenvalue weighted by atomic mass is 10.1. The van der Waals surface area contributed by atoms with E-state index in [2.05, 4.69) is 12.2 Å². The van der Waals surface area contributed by atoms with Gasteiger partial charge in [-0.15, -0.1) is 0 Å². The van der Waals surface area contributed by atoms with Crippen LogP contribution in [0.1, 0.15) is 25.8 Å². The molecule has 0 aliphatic carbocycles. The Morgan fingerprint density at radius 3 is 2.27 bits per heavy atom. The number of rotatable bonds is 6. The summed E-state index contributed by atoms with van der Waals surface area (Å²) in [6, 6.07) is 14.8. The predicted molar refractivity (Wildman–Crippen MR) is 90.6 cm³/mol. The van der Waals surface area contributed by atoms with Gasteiger partial charge in [-0.3, -0.25) is 4.79 Å². The first-order valence-electron chi connectivity index (χ1n) is 7.44. The predicted octanol–water partition coefficient (Wildman–Crippen LogP) is 4.70. The number of hydrogen-bond acceptors (Lipinski definition) is 2. The van der Waals surface area contributed by atoms with Crippen molar-refractivity contribution in [2.75, 3.05) is 5.32 Å². The maximum Gasteiger partial charge on any atom is 0.265 e. The van der Waals surface area contributed by atoms with Crippen LogP contribution in [0.5, 0.6) is 5.75 Å². The van der Waals surface area contributed by atoms with Gasteiger partial charge in [0.05, 0.1) is 0 Å². The van der Waals surface area contributed by atoms with E-state index < -0.39 is 6.10 Å². The van der Waals surface area contributed by atoms with Crippen molar-refractivity contribution in [1.29, 1.82) is 0 Å². The van der Waals surface area contributed by atoms with Gasteiger partial charge in [0.25, 0.3) is 5.91 Å². The SMILES string of the molecule is CCc1ccc(NC(=O)C(CC)Oc2ccc(Cl)cc2)cc1. The van der Waals surface area contributed by atoms with Gasteiger partial charge in [0.15, 0.2) is 6.10 Å². The van der Waals surface area contributed by atoms with E-state index in [-0.39, 0.29) is 5.91 Å². The highest BCUT2D eigenvalue weighted by Gasteiger charge is 2.18. The van der Waals surface area contributed by atoms with Gasteiger partial charge in [0, 0.05) is 10.7 Å². The molecular formula is C18H20ClNO2. The van der Waals surface area contributed by atoms with Crippen LogP contribution in [0, 0.1) is 0 Å². The molecule has 4 heteroatoms. The van der Waals surface area contributed by atoms with Crippen molar-refractivity contribution in [2.24, 2.45) is 0 Å². The highest BCUT2D eigenvalue weighted by molar-refractivity contribution is 6.30. The minimum atomic E-state index is -0.535. The van der Waals surface area contributed by atoms with E-state index in [1.807, 2.05) is 31.2 Å². The Morgan fingerprint density at radius 2 is 1.73 bits per heavy atom. The summed E-state index contributed by atoms with van der Waals surface area (Å²) in [4.78, 5) is 12.3. The molecule has 2 aromatic rings. The van der Waals surface area contributed by atoms with Crippen LogP contribution in [0.15, 0.2) is 48.5 Å². The molecule has 1 unspecified atom stereocenters. The monoisotopic (exact) mass is 317 g/mol. The van der Waals surface area contributed by atoms with Crippen LogP contribution in [0.3, 0.4) is 0 Å². The summed E-state index contributed by atoms with van der Waals surface area (Å²) in [5.41, 5.74) is 2.02. The van der Waals surface area contributed by atoms with Crippen molar-refractivity contribution in [3.63, 3.8) is 0 Å². The van der Waals surface area contributed by atoms with Gasteiger partial charge in [-0.2, -0.15) is 0 Å². The third kappa shape index (κ3) is 4.50. The second-order valence-corrected chi connectivity index (χ2v) is 5.44. The van der Waals surface area contributed by atoms with Crippen LogP contribution >= 0.6 is 11.6 Å². The quantitative estimate of drug-likeness (QED) is 0.838. The Kier molecular flexibility index (Phi) is 5.84. The molecular weight excluding hydrogens is 298 g/mol. The first-order valence-corrected chi connectivity index (χ1v) is 7.82. The first-order chi connectivity index (χ1) is 10.6. The average molecular weight is 318 g/mol. The first kappa shape index (κ1) is 16.4. The van der Waals surface area contributed by atoms with Gasteiger partial charge in [0.2, 0.25) is 0 Å². The molecule has 0 heterocycles. The summed E-state index contributed by atoms with van der Waals surface area (Å²) < 4.78 is 5.73. The lowest BCUT2D eigenvalue weighted by molar-refractivity contribution is -0.122. The lowest BCUT2D eigenvalue weighted by Crippen LogP contribution is -2.32. The fourth-order valence-electron chi connectivity index (χ4n) is 2.05. The molecule has 0 aliphatic rings. The van der Waals surface area contributed by atoms with E-state index in [1.165, 1.54) is 5.56 Å². The third-order valence-corrected chi connectivity index (χ3v) is 3.64. The van der Waals surface area contributed by atoms with Gasteiger partial charge in [-0.05, 0) is 54.8 Å². The van der Waals surface area contributed by atoms with Crippen molar-refractivity contribution in [3.05, 3.63) is 59.1 Å². The van der Waals surface area contributed by atoms with Gasteiger partial charge >= 0.3 is 0 Å². The number of aryl methyl sites for hydroxylation is 1. The molecule has 2 aromatic carbocycles. The molecule has 0 spiro atoms. The Hall–Kier alpha value is -2.00. The van der Waals surface area contributed by atoms with Gasteiger partial charge in [-0.1, -0.05) is 37.6 Å². The van der Waals surface area contributed by atoms with Gasteiger partial charge in [-0.25, -0.2) is 0 Å². The topological polar surface area (TPSA) is 38.3 Å². The molecule has 0 saturated carbocycles. The zero-order valence-corrected chi connectivity index (χ0v) is 13.6. The number of nitrogens with one attached hydrogen (secondary N) is 1. The smallest absolute Gasteiger partial charge is 0.265 e. The number of amides is 1. The molecule has 0 radical (unpaired) electrons. The van der Waals surface area contributed by atoms with Crippen molar-refractivity contribution in [3.8, 4) is 5.75 Å². The zero-order valence-electron chi connectivity index (χ0n) is 12.8. The van der Waals surface area contributed by atoms with E-state index >= 15 is 0 Å². The van der Waals surface area contributed by atoms with Crippen molar-refractivity contribution in [2.45, 2.75) is 32.8 Å². The van der Waals surface area contributed by atoms with Crippen LogP contribution in [-0.2, 0) is 11.2 Å². The molecule has 0 bridgehead atoms. The molecule has 1 N–H and O–H groups in total. The van der Waals surface area contributed by atoms with Gasteiger partial charge in [0.1, 0.15) is 5.75 Å². The number of anilines is 1. The number of hydrogen-bond donors (Lipinski definition) is 1. The number of carbonyl (C=O) groups is 1. The Labute approximate surface area is 136 Å². The van der Waals surface area contributed by atoms with Crippen molar-refractivity contribution < 1.29 is 9.53 Å². The van der Waals surface area contributed by atoms with E-state index in [1.54, 1.807) is 24.3 Å². The minimum absolute atomic E-state index is 0.151. The van der Waals surface area contributed by atoms with Crippen molar-refractivity contribution in [1.82, 2.24) is 0 Å². The number of benzene rings is 2. The van der Waals surface area contributed by atoms with Crippen LogP contribution in [0.4, 0.5) is 5.69 Å². The summed E-state index contributed by atoms with van der Waals surface area (Å²) in [7, 11) is 0. The molecule has 3 nitrogen and oxygen atoms in total. The van der Waals surface area contributed by atoms with Crippen LogP contribution in [-0.4, -0.2) is 12.0 Å². The molecule has 22 heavy (non-hydrogen) atoms. The molecule has 0 aliphatic heterocycles. The molecule has 0 saturated heterocycles. The van der Waals surface area contributed by atoms with Crippen LogP contribution in [0.25, 0.3) is 0 Å². The lowest BCUT2D eigenvalue weighted by Gasteiger charge is -2.17. The highest BCUT2D eigenvalue weighted by atomic mass is 35.5. The van der Waals surface area contributed by atoms with E-state index in [9.17, 15) is 4.79 Å². The van der Waals surface area contributed by atoms with E-state index in [0.29, 0.717) is 17.2 Å². The summed E-state index contributed by atoms with van der Waals surface area (Å²) in [6.45, 7) is 4.01. The molecule has 0 aromatic heterocycles. The fraction of sp³-hybridized carbons (Fsp3) is 0.278. The Morgan fingerprint density at radius 1 is 1.09 bits per heavy atom. The minimum Gasteiger partial charge on any atom is -0.481 e. The van der Waals surface area contributed by atoms with E-state index in [4.69, 9.17) is 16.3 Å². The fourth-order valence-corrected chi connectivity index (χ4v) is 2.17. The normalized spacial score (nSPS) is 11.8. The summed E-state index contributed by atoms with van der Waals surface area (Å²) in [5, 5.41) is 3.53. The molecule has 2 rings (SSSR count). The Bertz CT molecular complexity index is 608. The van der Waals surface area contributed by atoms with Gasteiger partial charge < -0.3 is 10.1 Å². The number of ether oxygens (including phenoxy) is 1. The largest absolute Gasteiger partial charge is 0.481 e. The molecule has 116 valence electrons. The third-order valence-electron chi connectivity index (χ3n) is 3.38. The Balaban J connectivity index is 1.99. The maximum atomic E-state index is 12.3. The van der Waals surface area contributed by atoms with Crippen LogP contribution in [0.2, 0.25) is 5.02 Å². The number of halogens is 1.